The van der Waals surface area contributed by atoms with Crippen LogP contribution in [0.4, 0.5) is 0 Å². The van der Waals surface area contributed by atoms with Gasteiger partial charge in [0.25, 0.3) is 0 Å². The van der Waals surface area contributed by atoms with E-state index in [-0.39, 0.29) is 5.41 Å². The van der Waals surface area contributed by atoms with Gasteiger partial charge < -0.3 is 0 Å². The van der Waals surface area contributed by atoms with Crippen molar-refractivity contribution in [2.75, 3.05) is 0 Å². The molecular formula is C25H30. The minimum Gasteiger partial charge on any atom is -0.0769 e. The van der Waals surface area contributed by atoms with Crippen LogP contribution >= 0.6 is 0 Å². The van der Waals surface area contributed by atoms with Crippen molar-refractivity contribution in [3.63, 3.8) is 0 Å². The maximum absolute atomic E-state index is 2.49. The average Bonchev–Trinajstić information content (AvgIpc) is 3.15. The van der Waals surface area contributed by atoms with E-state index in [2.05, 4.69) is 93.6 Å². The third-order valence-electron chi connectivity index (χ3n) is 5.55. The lowest BCUT2D eigenvalue weighted by Gasteiger charge is -2.37. The molecule has 0 nitrogen and oxygen atoms in total. The topological polar surface area (TPSA) is 0 Å². The van der Waals surface area contributed by atoms with Gasteiger partial charge >= 0.3 is 0 Å². The fourth-order valence-electron chi connectivity index (χ4n) is 4.12. The van der Waals surface area contributed by atoms with Crippen molar-refractivity contribution < 1.29 is 0 Å². The number of hydrogen-bond acceptors (Lipinski definition) is 0. The van der Waals surface area contributed by atoms with Gasteiger partial charge in [-0.25, -0.2) is 0 Å². The third kappa shape index (κ3) is 3.49. The van der Waals surface area contributed by atoms with Crippen LogP contribution in [0, 0.1) is 5.92 Å². The smallest absolute Gasteiger partial charge is 0.0417 e. The van der Waals surface area contributed by atoms with Crippen molar-refractivity contribution in [1.29, 1.82) is 0 Å². The molecule has 1 aliphatic rings. The van der Waals surface area contributed by atoms with Crippen molar-refractivity contribution in [3.05, 3.63) is 95.1 Å². The van der Waals surface area contributed by atoms with Gasteiger partial charge in [-0.05, 0) is 35.5 Å². The fraction of sp³-hybridized carbons (Fsp3) is 0.360. The standard InChI is InChI=1S/C25H30/c1-4-5-18-25(22-12-8-6-9-13-22,23-14-10-7-11-15-23)24-17-16-21(19-24)20(2)3/h6-16,19-20H,4-5,17-18H2,1-3H3. The van der Waals surface area contributed by atoms with Crippen molar-refractivity contribution in [2.24, 2.45) is 5.92 Å². The molecule has 0 unspecified atom stereocenters. The van der Waals surface area contributed by atoms with E-state index < -0.39 is 0 Å². The molecule has 0 atom stereocenters. The average molecular weight is 331 g/mol. The van der Waals surface area contributed by atoms with E-state index in [0.717, 1.165) is 6.42 Å². The molecule has 2 aromatic carbocycles. The third-order valence-corrected chi connectivity index (χ3v) is 5.55. The first-order valence-corrected chi connectivity index (χ1v) is 9.70. The van der Waals surface area contributed by atoms with E-state index in [1.807, 2.05) is 0 Å². The SMILES string of the molecule is CCCCC(C1=CC(C(C)C)=CC1)(c1ccccc1)c1ccccc1. The molecule has 2 aromatic rings. The summed E-state index contributed by atoms with van der Waals surface area (Å²) in [6, 6.07) is 22.3. The summed E-state index contributed by atoms with van der Waals surface area (Å²) in [5.41, 5.74) is 5.90. The summed E-state index contributed by atoms with van der Waals surface area (Å²) in [5.74, 6) is 0.591. The first-order chi connectivity index (χ1) is 12.2. The van der Waals surface area contributed by atoms with Crippen LogP contribution in [0.15, 0.2) is 84.0 Å². The monoisotopic (exact) mass is 330 g/mol. The van der Waals surface area contributed by atoms with Crippen molar-refractivity contribution >= 4 is 0 Å². The van der Waals surface area contributed by atoms with Crippen LogP contribution in [0.1, 0.15) is 57.6 Å². The first-order valence-electron chi connectivity index (χ1n) is 9.70. The summed E-state index contributed by atoms with van der Waals surface area (Å²) >= 11 is 0. The van der Waals surface area contributed by atoms with Crippen LogP contribution in [0.2, 0.25) is 0 Å². The Hall–Kier alpha value is -2.08. The van der Waals surface area contributed by atoms with Gasteiger partial charge in [0.05, 0.1) is 0 Å². The molecule has 0 saturated heterocycles. The maximum Gasteiger partial charge on any atom is 0.0417 e. The molecule has 130 valence electrons. The fourth-order valence-corrected chi connectivity index (χ4v) is 4.12. The molecule has 0 bridgehead atoms. The summed E-state index contributed by atoms with van der Waals surface area (Å²) < 4.78 is 0. The van der Waals surface area contributed by atoms with Crippen molar-refractivity contribution in [3.8, 4) is 0 Å². The second-order valence-corrected chi connectivity index (χ2v) is 7.47. The van der Waals surface area contributed by atoms with E-state index in [0.29, 0.717) is 5.92 Å². The van der Waals surface area contributed by atoms with Gasteiger partial charge in [0, 0.05) is 5.41 Å². The van der Waals surface area contributed by atoms with E-state index in [9.17, 15) is 0 Å². The van der Waals surface area contributed by atoms with Crippen molar-refractivity contribution in [1.82, 2.24) is 0 Å². The zero-order valence-electron chi connectivity index (χ0n) is 15.8. The lowest BCUT2D eigenvalue weighted by Crippen LogP contribution is -2.30. The molecule has 3 rings (SSSR count). The Bertz CT molecular complexity index is 693. The molecule has 0 aromatic heterocycles. The van der Waals surface area contributed by atoms with Gasteiger partial charge in [-0.2, -0.15) is 0 Å². The minimum absolute atomic E-state index is 0.00826. The summed E-state index contributed by atoms with van der Waals surface area (Å²) in [5, 5.41) is 0. The van der Waals surface area contributed by atoms with E-state index in [1.165, 1.54) is 36.0 Å². The Kier molecular flexibility index (Phi) is 5.58. The van der Waals surface area contributed by atoms with Gasteiger partial charge in [-0.15, -0.1) is 0 Å². The highest BCUT2D eigenvalue weighted by Crippen LogP contribution is 2.47. The van der Waals surface area contributed by atoms with Crippen LogP contribution < -0.4 is 0 Å². The molecule has 0 aliphatic heterocycles. The normalized spacial score (nSPS) is 14.6. The summed E-state index contributed by atoms with van der Waals surface area (Å²) in [7, 11) is 0. The quantitative estimate of drug-likeness (QED) is 0.509. The molecular weight excluding hydrogens is 300 g/mol. The highest BCUT2D eigenvalue weighted by Gasteiger charge is 2.38. The lowest BCUT2D eigenvalue weighted by atomic mass is 9.65. The van der Waals surface area contributed by atoms with E-state index in [1.54, 1.807) is 5.57 Å². The molecule has 0 heterocycles. The molecule has 0 spiro atoms. The lowest BCUT2D eigenvalue weighted by molar-refractivity contribution is 0.512. The molecule has 0 heteroatoms. The summed E-state index contributed by atoms with van der Waals surface area (Å²) in [6.07, 6.45) is 9.62. The molecule has 25 heavy (non-hydrogen) atoms. The minimum atomic E-state index is -0.00826. The van der Waals surface area contributed by atoms with Crippen LogP contribution in [0.5, 0.6) is 0 Å². The van der Waals surface area contributed by atoms with Crippen molar-refractivity contribution in [2.45, 2.75) is 51.9 Å². The van der Waals surface area contributed by atoms with Gasteiger partial charge in [-0.1, -0.05) is 112 Å². The highest BCUT2D eigenvalue weighted by atomic mass is 14.4. The molecule has 0 radical (unpaired) electrons. The van der Waals surface area contributed by atoms with Crippen LogP contribution in [0.25, 0.3) is 0 Å². The number of allylic oxidation sites excluding steroid dienone is 4. The van der Waals surface area contributed by atoms with Crippen LogP contribution in [0.3, 0.4) is 0 Å². The first kappa shape index (κ1) is 17.7. The number of unbranched alkanes of at least 4 members (excludes halogenated alkanes) is 1. The Morgan fingerprint density at radius 3 is 1.88 bits per heavy atom. The predicted molar refractivity (Wildman–Crippen MR) is 109 cm³/mol. The second kappa shape index (κ2) is 7.87. The Morgan fingerprint density at radius 1 is 0.880 bits per heavy atom. The molecule has 0 saturated carbocycles. The van der Waals surface area contributed by atoms with Gasteiger partial charge in [0.1, 0.15) is 0 Å². The second-order valence-electron chi connectivity index (χ2n) is 7.47. The predicted octanol–water partition coefficient (Wildman–Crippen LogP) is 7.08. The highest BCUT2D eigenvalue weighted by molar-refractivity contribution is 5.53. The van der Waals surface area contributed by atoms with Gasteiger partial charge in [0.15, 0.2) is 0 Å². The Morgan fingerprint density at radius 2 is 1.44 bits per heavy atom. The number of benzene rings is 2. The largest absolute Gasteiger partial charge is 0.0769 e. The van der Waals surface area contributed by atoms with Gasteiger partial charge in [0.2, 0.25) is 0 Å². The Balaban J connectivity index is 2.18. The molecule has 0 amide bonds. The van der Waals surface area contributed by atoms with Crippen LogP contribution in [-0.2, 0) is 5.41 Å². The number of rotatable bonds is 7. The zero-order chi connectivity index (χ0) is 17.7. The Labute approximate surface area is 153 Å². The van der Waals surface area contributed by atoms with E-state index >= 15 is 0 Å². The summed E-state index contributed by atoms with van der Waals surface area (Å²) in [4.78, 5) is 0. The van der Waals surface area contributed by atoms with Gasteiger partial charge in [-0.3, -0.25) is 0 Å². The van der Waals surface area contributed by atoms with Crippen LogP contribution in [-0.4, -0.2) is 0 Å². The van der Waals surface area contributed by atoms with E-state index in [4.69, 9.17) is 0 Å². The molecule has 0 N–H and O–H groups in total. The maximum atomic E-state index is 2.49. The number of hydrogen-bond donors (Lipinski definition) is 0. The molecule has 0 fully saturated rings. The molecule has 1 aliphatic carbocycles. The zero-order valence-corrected chi connectivity index (χ0v) is 15.8. The summed E-state index contributed by atoms with van der Waals surface area (Å²) in [6.45, 7) is 6.88.